The summed E-state index contributed by atoms with van der Waals surface area (Å²) in [6, 6.07) is 7.68. The first kappa shape index (κ1) is 16.8. The number of carbonyl (C=O) groups is 2. The molecule has 2 aliphatic heterocycles. The number of fused-ring (bicyclic) bond motifs is 1. The number of amides is 2. The predicted octanol–water partition coefficient (Wildman–Crippen LogP) is 1.74. The third-order valence-electron chi connectivity index (χ3n) is 4.31. The summed E-state index contributed by atoms with van der Waals surface area (Å²) in [7, 11) is 0. The van der Waals surface area contributed by atoms with Crippen LogP contribution in [-0.2, 0) is 9.59 Å². The summed E-state index contributed by atoms with van der Waals surface area (Å²) in [5.74, 6) is 1.54. The van der Waals surface area contributed by atoms with Crippen LogP contribution >= 0.6 is 0 Å². The number of benzene rings is 1. The van der Waals surface area contributed by atoms with Crippen LogP contribution in [0.4, 0.5) is 0 Å². The second-order valence-electron chi connectivity index (χ2n) is 6.20. The van der Waals surface area contributed by atoms with Crippen molar-refractivity contribution < 1.29 is 19.1 Å². The number of rotatable bonds is 7. The van der Waals surface area contributed by atoms with Gasteiger partial charge >= 0.3 is 0 Å². The van der Waals surface area contributed by atoms with E-state index >= 15 is 0 Å². The summed E-state index contributed by atoms with van der Waals surface area (Å²) in [4.78, 5) is 24.8. The predicted molar refractivity (Wildman–Crippen MR) is 89.0 cm³/mol. The number of unbranched alkanes of at least 4 members (excludes halogenated alkanes) is 1. The van der Waals surface area contributed by atoms with Crippen LogP contribution < -0.4 is 14.8 Å². The molecule has 2 heterocycles. The fourth-order valence-electron chi connectivity index (χ4n) is 3.00. The van der Waals surface area contributed by atoms with E-state index in [0.29, 0.717) is 32.4 Å². The van der Waals surface area contributed by atoms with Gasteiger partial charge in [-0.25, -0.2) is 0 Å². The van der Waals surface area contributed by atoms with Gasteiger partial charge in [0.1, 0.15) is 12.7 Å². The highest BCUT2D eigenvalue weighted by Gasteiger charge is 2.25. The largest absolute Gasteiger partial charge is 0.486 e. The van der Waals surface area contributed by atoms with Gasteiger partial charge in [0, 0.05) is 25.9 Å². The molecule has 1 N–H and O–H groups in total. The van der Waals surface area contributed by atoms with E-state index in [-0.39, 0.29) is 17.9 Å². The lowest BCUT2D eigenvalue weighted by Gasteiger charge is -2.27. The smallest absolute Gasteiger partial charge is 0.229 e. The zero-order valence-electron chi connectivity index (χ0n) is 13.8. The first-order valence-corrected chi connectivity index (χ1v) is 8.66. The average molecular weight is 332 g/mol. The topological polar surface area (TPSA) is 67.9 Å². The quantitative estimate of drug-likeness (QED) is 0.608. The summed E-state index contributed by atoms with van der Waals surface area (Å²) >= 11 is 0. The molecule has 2 amide bonds. The monoisotopic (exact) mass is 332 g/mol. The van der Waals surface area contributed by atoms with Gasteiger partial charge in [0.05, 0.1) is 0 Å². The molecule has 1 unspecified atom stereocenters. The van der Waals surface area contributed by atoms with Crippen molar-refractivity contribution in [2.24, 2.45) is 0 Å². The van der Waals surface area contributed by atoms with Crippen LogP contribution in [0.15, 0.2) is 24.3 Å². The van der Waals surface area contributed by atoms with E-state index in [0.717, 1.165) is 37.4 Å². The van der Waals surface area contributed by atoms with Gasteiger partial charge in [0.15, 0.2) is 11.5 Å². The van der Waals surface area contributed by atoms with Gasteiger partial charge in [-0.2, -0.15) is 0 Å². The average Bonchev–Trinajstić information content (AvgIpc) is 2.60. The molecule has 3 rings (SSSR count). The Kier molecular flexibility index (Phi) is 5.69. The standard InChI is InChI=1S/C18H24N2O4/c21-17-8-5-9-18(22)20(17)11-4-3-10-19-12-14-13-23-15-6-1-2-7-16(15)24-14/h1-2,6-7,14,19H,3-5,8-13H2. The number of hydrogen-bond acceptors (Lipinski definition) is 5. The van der Waals surface area contributed by atoms with Crippen molar-refractivity contribution in [3.8, 4) is 11.5 Å². The number of hydrogen-bond donors (Lipinski definition) is 1. The minimum absolute atomic E-state index is 0.00477. The minimum Gasteiger partial charge on any atom is -0.486 e. The Morgan fingerprint density at radius 3 is 2.62 bits per heavy atom. The molecule has 0 spiro atoms. The molecule has 0 aliphatic carbocycles. The van der Waals surface area contributed by atoms with Crippen molar-refractivity contribution in [1.29, 1.82) is 0 Å². The number of piperidine rings is 1. The minimum atomic E-state index is -0.0226. The van der Waals surface area contributed by atoms with E-state index in [9.17, 15) is 9.59 Å². The summed E-state index contributed by atoms with van der Waals surface area (Å²) < 4.78 is 11.5. The summed E-state index contributed by atoms with van der Waals surface area (Å²) in [6.07, 6.45) is 3.46. The number of ether oxygens (including phenoxy) is 2. The highest BCUT2D eigenvalue weighted by molar-refractivity contribution is 5.97. The molecule has 1 aromatic carbocycles. The molecule has 2 aliphatic rings. The Morgan fingerprint density at radius 1 is 1.08 bits per heavy atom. The van der Waals surface area contributed by atoms with Crippen molar-refractivity contribution in [2.45, 2.75) is 38.2 Å². The second-order valence-corrected chi connectivity index (χ2v) is 6.20. The number of nitrogens with one attached hydrogen (secondary N) is 1. The van der Waals surface area contributed by atoms with E-state index in [1.807, 2.05) is 24.3 Å². The second kappa shape index (κ2) is 8.15. The molecule has 0 bridgehead atoms. The molecular formula is C18H24N2O4. The third kappa shape index (κ3) is 4.26. The first-order chi connectivity index (χ1) is 11.7. The summed E-state index contributed by atoms with van der Waals surface area (Å²) in [6.45, 7) is 2.63. The van der Waals surface area contributed by atoms with Crippen LogP contribution in [0.1, 0.15) is 32.1 Å². The highest BCUT2D eigenvalue weighted by atomic mass is 16.6. The maximum atomic E-state index is 11.7. The van der Waals surface area contributed by atoms with E-state index in [4.69, 9.17) is 9.47 Å². The lowest BCUT2D eigenvalue weighted by Crippen LogP contribution is -2.41. The zero-order valence-corrected chi connectivity index (χ0v) is 13.8. The molecule has 0 aromatic heterocycles. The zero-order chi connectivity index (χ0) is 16.8. The van der Waals surface area contributed by atoms with E-state index in [1.54, 1.807) is 0 Å². The Labute approximate surface area is 142 Å². The Balaban J connectivity index is 1.29. The van der Waals surface area contributed by atoms with Gasteiger partial charge in [-0.15, -0.1) is 0 Å². The molecular weight excluding hydrogens is 308 g/mol. The number of para-hydroxylation sites is 2. The van der Waals surface area contributed by atoms with Crippen LogP contribution in [0, 0.1) is 0 Å². The van der Waals surface area contributed by atoms with Crippen LogP contribution in [0.5, 0.6) is 11.5 Å². The van der Waals surface area contributed by atoms with Crippen molar-refractivity contribution in [3.05, 3.63) is 24.3 Å². The number of nitrogens with zero attached hydrogens (tertiary/aromatic N) is 1. The van der Waals surface area contributed by atoms with Crippen molar-refractivity contribution in [3.63, 3.8) is 0 Å². The SMILES string of the molecule is O=C1CCCC(=O)N1CCCCNCC1COc2ccccc2O1. The molecule has 0 saturated carbocycles. The fraction of sp³-hybridized carbons (Fsp3) is 0.556. The maximum Gasteiger partial charge on any atom is 0.229 e. The summed E-state index contributed by atoms with van der Waals surface area (Å²) in [5, 5.41) is 3.35. The Hall–Kier alpha value is -2.08. The van der Waals surface area contributed by atoms with Crippen LogP contribution in [0.25, 0.3) is 0 Å². The normalized spacial score (nSPS) is 20.3. The maximum absolute atomic E-state index is 11.7. The lowest BCUT2D eigenvalue weighted by molar-refractivity contribution is -0.147. The van der Waals surface area contributed by atoms with Crippen LogP contribution in [0.3, 0.4) is 0 Å². The van der Waals surface area contributed by atoms with E-state index in [1.165, 1.54) is 4.90 Å². The van der Waals surface area contributed by atoms with Gasteiger partial charge in [0.25, 0.3) is 0 Å². The fourth-order valence-corrected chi connectivity index (χ4v) is 3.00. The van der Waals surface area contributed by atoms with Crippen molar-refractivity contribution >= 4 is 11.8 Å². The van der Waals surface area contributed by atoms with Gasteiger partial charge in [-0.1, -0.05) is 12.1 Å². The van der Waals surface area contributed by atoms with Gasteiger partial charge < -0.3 is 14.8 Å². The van der Waals surface area contributed by atoms with E-state index < -0.39 is 0 Å². The lowest BCUT2D eigenvalue weighted by atomic mass is 10.1. The molecule has 1 saturated heterocycles. The number of likely N-dealkylation sites (tertiary alicyclic amines) is 1. The molecule has 1 fully saturated rings. The van der Waals surface area contributed by atoms with Crippen LogP contribution in [-0.4, -0.2) is 49.1 Å². The Morgan fingerprint density at radius 2 is 1.83 bits per heavy atom. The third-order valence-corrected chi connectivity index (χ3v) is 4.31. The van der Waals surface area contributed by atoms with E-state index in [2.05, 4.69) is 5.32 Å². The van der Waals surface area contributed by atoms with Crippen LogP contribution in [0.2, 0.25) is 0 Å². The molecule has 6 nitrogen and oxygen atoms in total. The molecule has 1 atom stereocenters. The number of carbonyl (C=O) groups excluding carboxylic acids is 2. The molecule has 0 radical (unpaired) electrons. The summed E-state index contributed by atoms with van der Waals surface area (Å²) in [5.41, 5.74) is 0. The first-order valence-electron chi connectivity index (χ1n) is 8.66. The molecule has 130 valence electrons. The Bertz CT molecular complexity index is 574. The molecule has 1 aromatic rings. The highest BCUT2D eigenvalue weighted by Crippen LogP contribution is 2.30. The van der Waals surface area contributed by atoms with Gasteiger partial charge in [-0.05, 0) is 37.9 Å². The van der Waals surface area contributed by atoms with Gasteiger partial charge in [-0.3, -0.25) is 14.5 Å². The van der Waals surface area contributed by atoms with Gasteiger partial charge in [0.2, 0.25) is 11.8 Å². The molecule has 24 heavy (non-hydrogen) atoms. The number of imide groups is 1. The van der Waals surface area contributed by atoms with Crippen molar-refractivity contribution in [2.75, 3.05) is 26.2 Å². The molecule has 6 heteroatoms. The van der Waals surface area contributed by atoms with Crippen molar-refractivity contribution in [1.82, 2.24) is 10.2 Å².